The summed E-state index contributed by atoms with van der Waals surface area (Å²) >= 11 is 0.710. The molecule has 11 heteroatoms. The zero-order valence-electron chi connectivity index (χ0n) is 15.4. The number of nitrogens with one attached hydrogen (secondary N) is 1. The highest BCUT2D eigenvalue weighted by atomic mass is 32.2. The Morgan fingerprint density at radius 2 is 1.77 bits per heavy atom. The third kappa shape index (κ3) is 3.79. The summed E-state index contributed by atoms with van der Waals surface area (Å²) in [6.45, 7) is -0.710. The quantitative estimate of drug-likeness (QED) is 0.728. The fourth-order valence-electron chi connectivity index (χ4n) is 3.24. The normalized spacial score (nSPS) is 19.7. The number of carbonyl (C=O) groups excluding carboxylic acids is 3. The van der Waals surface area contributed by atoms with Crippen molar-refractivity contribution in [1.29, 1.82) is 0 Å². The molecule has 0 aliphatic carbocycles. The number of fused-ring (bicyclic) bond motifs is 1. The number of benzene rings is 2. The van der Waals surface area contributed by atoms with E-state index in [2.05, 4.69) is 10.3 Å². The smallest absolute Gasteiger partial charge is 0.418 e. The van der Waals surface area contributed by atoms with Gasteiger partial charge >= 0.3 is 6.18 Å². The van der Waals surface area contributed by atoms with E-state index >= 15 is 0 Å². The molecule has 4 rings (SSSR count). The number of para-hydroxylation sites is 2. The number of halogens is 3. The molecule has 0 bridgehead atoms. The summed E-state index contributed by atoms with van der Waals surface area (Å²) in [5.41, 5.74) is -0.779. The number of amides is 2. The second kappa shape index (κ2) is 7.58. The van der Waals surface area contributed by atoms with E-state index in [9.17, 15) is 32.7 Å². The minimum atomic E-state index is -4.64. The predicted molar refractivity (Wildman–Crippen MR) is 105 cm³/mol. The van der Waals surface area contributed by atoms with Gasteiger partial charge in [0.05, 0.1) is 39.9 Å². The number of aliphatic carboxylic acids is 1. The molecule has 0 atom stereocenters. The minimum absolute atomic E-state index is 0.0475. The van der Waals surface area contributed by atoms with Crippen LogP contribution in [0.1, 0.15) is 11.1 Å². The van der Waals surface area contributed by atoms with Crippen molar-refractivity contribution in [1.82, 2.24) is 5.32 Å². The summed E-state index contributed by atoms with van der Waals surface area (Å²) in [6, 6.07) is 10.9. The molecule has 1 fully saturated rings. The van der Waals surface area contributed by atoms with Crippen molar-refractivity contribution < 1.29 is 32.7 Å². The molecule has 158 valence electrons. The largest absolute Gasteiger partial charge is 0.548 e. The van der Waals surface area contributed by atoms with Gasteiger partial charge in [-0.3, -0.25) is 9.59 Å². The standard InChI is InChI=1S/C20H12F3N3O4S/c21-20(22,23)11-6-2-3-7-12(11)24-19-25-17(29)16(31-19)15-10-5-1-4-8-13(10)26(18(15)30)9-14(27)28/h1-8H,9H2,(H,27,28)(H,24,25,29)/p-1/b16-15-. The number of nitrogens with zero attached hydrogens (tertiary/aromatic N) is 2. The van der Waals surface area contributed by atoms with E-state index < -0.39 is 36.1 Å². The Morgan fingerprint density at radius 1 is 1.10 bits per heavy atom. The van der Waals surface area contributed by atoms with E-state index in [1.165, 1.54) is 18.2 Å². The van der Waals surface area contributed by atoms with Gasteiger partial charge in [0, 0.05) is 5.56 Å². The third-order valence-electron chi connectivity index (χ3n) is 4.49. The average Bonchev–Trinajstić information content (AvgIpc) is 3.18. The lowest BCUT2D eigenvalue weighted by atomic mass is 10.1. The number of anilines is 1. The molecule has 2 aliphatic heterocycles. The number of alkyl halides is 3. The Hall–Kier alpha value is -3.60. The highest BCUT2D eigenvalue weighted by Gasteiger charge is 2.39. The Kier molecular flexibility index (Phi) is 5.05. The van der Waals surface area contributed by atoms with Crippen LogP contribution in [-0.2, 0) is 20.6 Å². The summed E-state index contributed by atoms with van der Waals surface area (Å²) in [5, 5.41) is 13.3. The van der Waals surface area contributed by atoms with Crippen LogP contribution in [0.2, 0.25) is 0 Å². The van der Waals surface area contributed by atoms with E-state index in [0.29, 0.717) is 23.0 Å². The maximum absolute atomic E-state index is 13.2. The number of carboxylic acid groups (broad SMARTS) is 1. The van der Waals surface area contributed by atoms with Crippen molar-refractivity contribution in [3.63, 3.8) is 0 Å². The van der Waals surface area contributed by atoms with Crippen molar-refractivity contribution in [2.75, 3.05) is 11.4 Å². The molecule has 1 saturated heterocycles. The van der Waals surface area contributed by atoms with Crippen LogP contribution >= 0.6 is 11.8 Å². The van der Waals surface area contributed by atoms with Crippen molar-refractivity contribution in [2.24, 2.45) is 4.99 Å². The van der Waals surface area contributed by atoms with E-state index in [1.54, 1.807) is 18.2 Å². The molecule has 1 N–H and O–H groups in total. The van der Waals surface area contributed by atoms with Crippen molar-refractivity contribution >= 4 is 51.7 Å². The highest BCUT2D eigenvalue weighted by molar-refractivity contribution is 8.18. The number of aliphatic imine (C=N–C) groups is 1. The number of thioether (sulfide) groups is 1. The van der Waals surface area contributed by atoms with E-state index in [0.717, 1.165) is 17.0 Å². The van der Waals surface area contributed by atoms with Crippen molar-refractivity contribution in [2.45, 2.75) is 6.18 Å². The lowest BCUT2D eigenvalue weighted by molar-refractivity contribution is -0.303. The maximum Gasteiger partial charge on any atom is 0.418 e. The molecule has 7 nitrogen and oxygen atoms in total. The van der Waals surface area contributed by atoms with Gasteiger partial charge in [0.1, 0.15) is 0 Å². The highest BCUT2D eigenvalue weighted by Crippen LogP contribution is 2.43. The molecule has 0 radical (unpaired) electrons. The second-order valence-electron chi connectivity index (χ2n) is 6.47. The Bertz CT molecular complexity index is 1190. The molecule has 0 spiro atoms. The van der Waals surface area contributed by atoms with Crippen molar-refractivity contribution in [3.8, 4) is 0 Å². The van der Waals surface area contributed by atoms with Gasteiger partial charge < -0.3 is 20.1 Å². The summed E-state index contributed by atoms with van der Waals surface area (Å²) in [5.74, 6) is -2.93. The van der Waals surface area contributed by atoms with Crippen LogP contribution in [0.25, 0.3) is 5.57 Å². The van der Waals surface area contributed by atoms with Crippen LogP contribution in [0.15, 0.2) is 58.4 Å². The average molecular weight is 446 g/mol. The summed E-state index contributed by atoms with van der Waals surface area (Å²) < 4.78 is 39.6. The molecule has 2 amide bonds. The van der Waals surface area contributed by atoms with E-state index in [4.69, 9.17) is 0 Å². The van der Waals surface area contributed by atoms with Gasteiger partial charge in [0.2, 0.25) is 0 Å². The van der Waals surface area contributed by atoms with Gasteiger partial charge in [-0.05, 0) is 30.0 Å². The Balaban J connectivity index is 1.76. The van der Waals surface area contributed by atoms with E-state index in [1.807, 2.05) is 0 Å². The first-order valence-corrected chi connectivity index (χ1v) is 9.58. The maximum atomic E-state index is 13.2. The minimum Gasteiger partial charge on any atom is -0.548 e. The monoisotopic (exact) mass is 446 g/mol. The first-order chi connectivity index (χ1) is 14.7. The Morgan fingerprint density at radius 3 is 2.48 bits per heavy atom. The molecule has 31 heavy (non-hydrogen) atoms. The Labute approximate surface area is 177 Å². The van der Waals surface area contributed by atoms with Crippen LogP contribution in [0, 0.1) is 0 Å². The summed E-state index contributed by atoms with van der Waals surface area (Å²) in [6.07, 6.45) is -4.64. The topological polar surface area (TPSA) is 102 Å². The SMILES string of the molecule is O=C([O-])CN1C(=O)/C(=C2\SC(=Nc3ccccc3C(F)(F)F)NC2=O)c2ccccc21. The predicted octanol–water partition coefficient (Wildman–Crippen LogP) is 2.06. The van der Waals surface area contributed by atoms with E-state index in [-0.39, 0.29) is 21.3 Å². The van der Waals surface area contributed by atoms with Gasteiger partial charge in [-0.1, -0.05) is 30.3 Å². The zero-order chi connectivity index (χ0) is 22.3. The second-order valence-corrected chi connectivity index (χ2v) is 7.47. The molecular weight excluding hydrogens is 435 g/mol. The number of hydrogen-bond acceptors (Lipinski definition) is 6. The molecule has 0 saturated carbocycles. The fraction of sp³-hybridized carbons (Fsp3) is 0.100. The molecule has 2 aliphatic rings. The molecule has 2 heterocycles. The molecule has 2 aromatic rings. The van der Waals surface area contributed by atoms with Crippen LogP contribution < -0.4 is 15.3 Å². The van der Waals surface area contributed by atoms with Gasteiger partial charge in [-0.15, -0.1) is 0 Å². The lowest BCUT2D eigenvalue weighted by Gasteiger charge is -2.17. The van der Waals surface area contributed by atoms with Crippen molar-refractivity contribution in [3.05, 3.63) is 64.6 Å². The van der Waals surface area contributed by atoms with Gasteiger partial charge in [0.25, 0.3) is 11.8 Å². The molecule has 0 aromatic heterocycles. The van der Waals surface area contributed by atoms with Gasteiger partial charge in [-0.2, -0.15) is 13.2 Å². The number of rotatable bonds is 3. The number of hydrogen-bond donors (Lipinski definition) is 1. The van der Waals surface area contributed by atoms with Gasteiger partial charge in [-0.25, -0.2) is 4.99 Å². The molecule has 2 aromatic carbocycles. The fourth-order valence-corrected chi connectivity index (χ4v) is 4.17. The number of carboxylic acids is 1. The number of carbonyl (C=O) groups is 3. The molecular formula is C20H11F3N3O4S-. The lowest BCUT2D eigenvalue weighted by Crippen LogP contribution is -2.39. The van der Waals surface area contributed by atoms with Crippen LogP contribution in [0.3, 0.4) is 0 Å². The third-order valence-corrected chi connectivity index (χ3v) is 5.47. The molecule has 0 unspecified atom stereocenters. The van der Waals surface area contributed by atoms with Crippen LogP contribution in [-0.4, -0.2) is 29.5 Å². The zero-order valence-corrected chi connectivity index (χ0v) is 16.2. The van der Waals surface area contributed by atoms with Crippen LogP contribution in [0.5, 0.6) is 0 Å². The summed E-state index contributed by atoms with van der Waals surface area (Å²) in [7, 11) is 0. The first-order valence-electron chi connectivity index (χ1n) is 8.76. The first kappa shape index (κ1) is 20.7. The summed E-state index contributed by atoms with van der Waals surface area (Å²) in [4.78, 5) is 41.3. The van der Waals surface area contributed by atoms with Gasteiger partial charge in [0.15, 0.2) is 5.17 Å². The van der Waals surface area contributed by atoms with Crippen LogP contribution in [0.4, 0.5) is 24.5 Å². The number of amidine groups is 1.